The highest BCUT2D eigenvalue weighted by atomic mass is 35.5. The van der Waals surface area contributed by atoms with Crippen LogP contribution in [0.3, 0.4) is 0 Å². The lowest BCUT2D eigenvalue weighted by molar-refractivity contribution is -0.140. The fourth-order valence-corrected chi connectivity index (χ4v) is 5.79. The summed E-state index contributed by atoms with van der Waals surface area (Å²) in [5.41, 5.74) is 2.96. The van der Waals surface area contributed by atoms with Crippen molar-refractivity contribution >= 4 is 39.1 Å². The molecule has 0 aromatic heterocycles. The Balaban J connectivity index is 2.11. The lowest BCUT2D eigenvalue weighted by Gasteiger charge is -2.35. The molecular weight excluding hydrogens is 546 g/mol. The number of hydrogen-bond acceptors (Lipinski definition) is 4. The molecule has 40 heavy (non-hydrogen) atoms. The van der Waals surface area contributed by atoms with E-state index in [2.05, 4.69) is 5.32 Å². The Morgan fingerprint density at radius 2 is 1.48 bits per heavy atom. The average molecular weight is 584 g/mol. The molecule has 0 aliphatic rings. The molecule has 0 saturated heterocycles. The lowest BCUT2D eigenvalue weighted by atomic mass is 10.0. The third-order valence-corrected chi connectivity index (χ3v) is 7.73. The van der Waals surface area contributed by atoms with Gasteiger partial charge in [0.05, 0.1) is 11.9 Å². The van der Waals surface area contributed by atoms with E-state index in [4.69, 9.17) is 11.6 Å². The Labute approximate surface area is 243 Å². The van der Waals surface area contributed by atoms with Gasteiger partial charge in [-0.1, -0.05) is 72.3 Å². The zero-order valence-electron chi connectivity index (χ0n) is 23.9. The Morgan fingerprint density at radius 1 is 0.900 bits per heavy atom. The van der Waals surface area contributed by atoms with E-state index in [0.29, 0.717) is 10.7 Å². The standard InChI is InChI=1S/C31H38ClN3O4S/c1-22-12-10-13-23(2)29(22)35(40(6,38)39)21-28(36)34(20-25-16-11-17-26(32)18-25)27(30(37)33-31(3,4)5)19-24-14-8-7-9-15-24/h7-18,27H,19-21H2,1-6H3,(H,33,37)/t27-/m1/s1. The predicted octanol–water partition coefficient (Wildman–Crippen LogP) is 5.28. The van der Waals surface area contributed by atoms with Crippen LogP contribution in [0, 0.1) is 13.8 Å². The molecule has 0 aliphatic heterocycles. The molecule has 0 saturated carbocycles. The summed E-state index contributed by atoms with van der Waals surface area (Å²) >= 11 is 6.26. The van der Waals surface area contributed by atoms with Crippen molar-refractivity contribution in [1.29, 1.82) is 0 Å². The molecule has 0 heterocycles. The maximum atomic E-state index is 14.2. The molecule has 3 aromatic carbocycles. The summed E-state index contributed by atoms with van der Waals surface area (Å²) in [4.78, 5) is 29.4. The van der Waals surface area contributed by atoms with E-state index in [9.17, 15) is 18.0 Å². The number of halogens is 1. The first kappa shape index (κ1) is 31.2. The maximum Gasteiger partial charge on any atom is 0.244 e. The molecule has 7 nitrogen and oxygen atoms in total. The first-order valence-corrected chi connectivity index (χ1v) is 15.3. The van der Waals surface area contributed by atoms with Gasteiger partial charge in [0.1, 0.15) is 12.6 Å². The molecule has 0 unspecified atom stereocenters. The van der Waals surface area contributed by atoms with E-state index in [1.165, 1.54) is 4.90 Å². The van der Waals surface area contributed by atoms with Gasteiger partial charge in [0.25, 0.3) is 0 Å². The van der Waals surface area contributed by atoms with Crippen LogP contribution in [0.15, 0.2) is 72.8 Å². The number of nitrogens with zero attached hydrogens (tertiary/aromatic N) is 2. The van der Waals surface area contributed by atoms with Crippen LogP contribution in [0.25, 0.3) is 0 Å². The first-order valence-electron chi connectivity index (χ1n) is 13.1. The summed E-state index contributed by atoms with van der Waals surface area (Å²) in [6.07, 6.45) is 1.33. The van der Waals surface area contributed by atoms with E-state index in [1.807, 2.05) is 89.2 Å². The van der Waals surface area contributed by atoms with E-state index in [0.717, 1.165) is 32.8 Å². The molecule has 0 bridgehead atoms. The number of benzene rings is 3. The van der Waals surface area contributed by atoms with Crippen molar-refractivity contribution in [3.05, 3.63) is 100 Å². The van der Waals surface area contributed by atoms with Crippen molar-refractivity contribution < 1.29 is 18.0 Å². The number of nitrogens with one attached hydrogen (secondary N) is 1. The SMILES string of the molecule is Cc1cccc(C)c1N(CC(=O)N(Cc1cccc(Cl)c1)[C@H](Cc1ccccc1)C(=O)NC(C)(C)C)S(C)(=O)=O. The first-order chi connectivity index (χ1) is 18.7. The smallest absolute Gasteiger partial charge is 0.244 e. The Morgan fingerprint density at radius 3 is 2.02 bits per heavy atom. The minimum atomic E-state index is -3.84. The number of sulfonamides is 1. The van der Waals surface area contributed by atoms with Crippen LogP contribution < -0.4 is 9.62 Å². The number of aryl methyl sites for hydroxylation is 2. The molecule has 0 spiro atoms. The van der Waals surface area contributed by atoms with Crippen LogP contribution in [-0.4, -0.2) is 49.5 Å². The number of carbonyl (C=O) groups excluding carboxylic acids is 2. The summed E-state index contributed by atoms with van der Waals surface area (Å²) < 4.78 is 27.2. The molecule has 0 radical (unpaired) electrons. The van der Waals surface area contributed by atoms with Gasteiger partial charge in [-0.2, -0.15) is 0 Å². The zero-order chi connectivity index (χ0) is 29.7. The van der Waals surface area contributed by atoms with Crippen molar-refractivity contribution in [2.75, 3.05) is 17.1 Å². The van der Waals surface area contributed by atoms with Crippen molar-refractivity contribution in [3.63, 3.8) is 0 Å². The van der Waals surface area contributed by atoms with Gasteiger partial charge < -0.3 is 10.2 Å². The fourth-order valence-electron chi connectivity index (χ4n) is 4.61. The zero-order valence-corrected chi connectivity index (χ0v) is 25.5. The molecular formula is C31H38ClN3O4S. The van der Waals surface area contributed by atoms with E-state index < -0.39 is 34.1 Å². The summed E-state index contributed by atoms with van der Waals surface area (Å²) in [5.74, 6) is -0.831. The van der Waals surface area contributed by atoms with Gasteiger partial charge in [-0.15, -0.1) is 0 Å². The minimum Gasteiger partial charge on any atom is -0.350 e. The van der Waals surface area contributed by atoms with Crippen LogP contribution in [0.2, 0.25) is 5.02 Å². The summed E-state index contributed by atoms with van der Waals surface area (Å²) in [6.45, 7) is 8.85. The van der Waals surface area contributed by atoms with Crippen LogP contribution >= 0.6 is 11.6 Å². The van der Waals surface area contributed by atoms with Gasteiger partial charge in [-0.05, 0) is 69.0 Å². The summed E-state index contributed by atoms with van der Waals surface area (Å²) in [6, 6.07) is 21.1. The van der Waals surface area contributed by atoms with Gasteiger partial charge in [0.15, 0.2) is 0 Å². The quantitative estimate of drug-likeness (QED) is 0.352. The van der Waals surface area contributed by atoms with Gasteiger partial charge in [0, 0.05) is 23.5 Å². The molecule has 2 amide bonds. The third kappa shape index (κ3) is 8.57. The van der Waals surface area contributed by atoms with Gasteiger partial charge in [0.2, 0.25) is 21.8 Å². The monoisotopic (exact) mass is 583 g/mol. The van der Waals surface area contributed by atoms with Gasteiger partial charge in [-0.25, -0.2) is 8.42 Å². The molecule has 0 aliphatic carbocycles. The summed E-state index contributed by atoms with van der Waals surface area (Å²) in [5, 5.41) is 3.51. The van der Waals surface area contributed by atoms with Crippen molar-refractivity contribution in [3.8, 4) is 0 Å². The maximum absolute atomic E-state index is 14.2. The highest BCUT2D eigenvalue weighted by molar-refractivity contribution is 7.92. The molecule has 3 aromatic rings. The third-order valence-electron chi connectivity index (χ3n) is 6.38. The van der Waals surface area contributed by atoms with Crippen LogP contribution in [0.4, 0.5) is 5.69 Å². The normalized spacial score (nSPS) is 12.5. The highest BCUT2D eigenvalue weighted by Gasteiger charge is 2.34. The number of hydrogen-bond donors (Lipinski definition) is 1. The van der Waals surface area contributed by atoms with Crippen LogP contribution in [0.1, 0.15) is 43.0 Å². The van der Waals surface area contributed by atoms with Crippen LogP contribution in [0.5, 0.6) is 0 Å². The number of para-hydroxylation sites is 1. The van der Waals surface area contributed by atoms with Crippen molar-refractivity contribution in [2.24, 2.45) is 0 Å². The fraction of sp³-hybridized carbons (Fsp3) is 0.355. The second-order valence-electron chi connectivity index (χ2n) is 11.1. The molecule has 1 atom stereocenters. The van der Waals surface area contributed by atoms with Crippen molar-refractivity contribution in [1.82, 2.24) is 10.2 Å². The van der Waals surface area contributed by atoms with E-state index >= 15 is 0 Å². The number of anilines is 1. The number of amides is 2. The highest BCUT2D eigenvalue weighted by Crippen LogP contribution is 2.27. The minimum absolute atomic E-state index is 0.0683. The summed E-state index contributed by atoms with van der Waals surface area (Å²) in [7, 11) is -3.84. The predicted molar refractivity (Wildman–Crippen MR) is 162 cm³/mol. The topological polar surface area (TPSA) is 86.8 Å². The average Bonchev–Trinajstić information content (AvgIpc) is 2.84. The van der Waals surface area contributed by atoms with E-state index in [-0.39, 0.29) is 18.9 Å². The Hall–Kier alpha value is -3.36. The van der Waals surface area contributed by atoms with Gasteiger partial charge in [-0.3, -0.25) is 13.9 Å². The molecule has 0 fully saturated rings. The molecule has 1 N–H and O–H groups in total. The largest absolute Gasteiger partial charge is 0.350 e. The molecule has 9 heteroatoms. The lowest BCUT2D eigenvalue weighted by Crippen LogP contribution is -2.56. The van der Waals surface area contributed by atoms with Crippen molar-refractivity contribution in [2.45, 2.75) is 59.2 Å². The Kier molecular flexibility index (Phi) is 10.0. The van der Waals surface area contributed by atoms with Gasteiger partial charge >= 0.3 is 0 Å². The number of rotatable bonds is 10. The van der Waals surface area contributed by atoms with Crippen LogP contribution in [-0.2, 0) is 32.6 Å². The second-order valence-corrected chi connectivity index (χ2v) is 13.4. The molecule has 214 valence electrons. The van der Waals surface area contributed by atoms with E-state index in [1.54, 1.807) is 18.2 Å². The Bertz CT molecular complexity index is 1430. The number of carbonyl (C=O) groups is 2. The second kappa shape index (κ2) is 12.9. The molecule has 3 rings (SSSR count).